The van der Waals surface area contributed by atoms with Crippen molar-refractivity contribution in [3.63, 3.8) is 0 Å². The number of likely N-dealkylation sites (tertiary alicyclic amines) is 3. The lowest BCUT2D eigenvalue weighted by molar-refractivity contribution is -0.110. The number of nitrogens with two attached hydrogens (primary N) is 1. The molecule has 0 aromatic carbocycles. The van der Waals surface area contributed by atoms with E-state index in [0.717, 1.165) is 108 Å². The van der Waals surface area contributed by atoms with Crippen LogP contribution in [0.3, 0.4) is 0 Å². The Morgan fingerprint density at radius 1 is 0.530 bits per heavy atom. The maximum Gasteiger partial charge on any atom is 0.338 e. The van der Waals surface area contributed by atoms with Gasteiger partial charge in [-0.3, -0.25) is 19.2 Å². The molecule has 538 valence electrons. The van der Waals surface area contributed by atoms with Crippen molar-refractivity contribution in [1.82, 2.24) is 85.3 Å². The topological polar surface area (TPSA) is 352 Å². The zero-order chi connectivity index (χ0) is 71.7. The zero-order valence-corrected chi connectivity index (χ0v) is 57.9. The molecule has 0 aliphatic carbocycles. The minimum atomic E-state index is -1.96. The molecule has 0 radical (unpaired) electrons. The first kappa shape index (κ1) is 78.8. The van der Waals surface area contributed by atoms with Crippen LogP contribution in [-0.4, -0.2) is 210 Å². The summed E-state index contributed by atoms with van der Waals surface area (Å²) in [6.07, 6.45) is 21.0. The van der Waals surface area contributed by atoms with Gasteiger partial charge in [-0.2, -0.15) is 9.46 Å². The van der Waals surface area contributed by atoms with Gasteiger partial charge in [0.25, 0.3) is 26.8 Å². The van der Waals surface area contributed by atoms with E-state index < -0.39 is 38.3 Å². The summed E-state index contributed by atoms with van der Waals surface area (Å²) >= 11 is 19.5. The quantitative estimate of drug-likeness (QED) is 0.0306. The van der Waals surface area contributed by atoms with Crippen molar-refractivity contribution in [2.75, 3.05) is 73.5 Å². The Bertz CT molecular complexity index is 4270. The summed E-state index contributed by atoms with van der Waals surface area (Å²) in [5, 5.41) is 39.7. The average Bonchev–Trinajstić information content (AvgIpc) is 1.63. The molecular weight excluding hydrogens is 1420 g/mol. The largest absolute Gasteiger partial charge is 0.478 e. The Hall–Kier alpha value is -8.50. The number of carbonyl (C=O) groups is 5. The van der Waals surface area contributed by atoms with Crippen LogP contribution in [0.15, 0.2) is 98.4 Å². The molecule has 12 N–H and O–H groups in total. The van der Waals surface area contributed by atoms with E-state index in [0.29, 0.717) is 37.7 Å². The van der Waals surface area contributed by atoms with E-state index in [-0.39, 0.29) is 110 Å². The standard InChI is InChI=1S/C14H17FN4O2.C14H17FN4O.C13H15FN4O2.C8H5FN2O2.C7H5FN2.C6H14N2.C2Cl4O.ClH/c1-18-5-2-9(3-6-18)17-14(20)10-8-16-13-12(10)11(15)4-7-19(13)21;1-19-6-3-9(4-7-19)18-14(20)10-8-17-13-12(10)11(15)2-5-16-13;14-10-3-6-18(20)12-11(10)9(7-16-12)13(19)17-8-1-4-15-5-2-8;9-5-1-2-10-7-6(5)4(3-11-7)8(12)13;8-6-2-4-10-7-5(6)1-3-9-7;1-8-4-2-6(7)3-5-8;3-1(7)2(4,5)6;/h4,7-9,21H,2-3,5-6H2,1H3,(H,17,20);2,5,8-9H,3-4,6-7H2,1H3,(H,16,17)(H,18,20);3,6-8,15,20H,1-2,4-5H2,(H,17,19);1-3H,(H,10,11)(H,12,13);1-4H,(H,9,10);6H,2-5,7H2,1H3;;1H. The molecule has 0 bridgehead atoms. The number of pyridine rings is 5. The van der Waals surface area contributed by atoms with Crippen molar-refractivity contribution in [2.24, 2.45) is 5.73 Å². The number of piperidine rings is 4. The molecule has 8 aliphatic heterocycles. The van der Waals surface area contributed by atoms with E-state index in [2.05, 4.69) is 89.9 Å². The summed E-state index contributed by atoms with van der Waals surface area (Å²) in [5.41, 5.74) is 7.54. The van der Waals surface area contributed by atoms with E-state index in [4.69, 9.17) is 57.2 Å². The van der Waals surface area contributed by atoms with Crippen LogP contribution in [0.4, 0.5) is 22.0 Å². The highest BCUT2D eigenvalue weighted by molar-refractivity contribution is 6.88. The third-order valence-corrected chi connectivity index (χ3v) is 17.5. The molecule has 8 aliphatic rings. The number of amides is 3. The Morgan fingerprint density at radius 2 is 0.910 bits per heavy atom. The molecule has 6 aromatic rings. The second-order valence-corrected chi connectivity index (χ2v) is 26.2. The molecule has 0 spiro atoms. The lowest BCUT2D eigenvalue weighted by atomic mass is 10.0. The highest BCUT2D eigenvalue weighted by Crippen LogP contribution is 2.31. The number of rotatable bonds is 7. The van der Waals surface area contributed by atoms with Crippen molar-refractivity contribution in [1.29, 1.82) is 0 Å². The van der Waals surface area contributed by atoms with Gasteiger partial charge in [-0.25, -0.2) is 51.7 Å². The Labute approximate surface area is 595 Å². The van der Waals surface area contributed by atoms with E-state index in [1.165, 1.54) is 81.4 Å². The second-order valence-electron chi connectivity index (χ2n) is 23.5. The molecule has 26 nitrogen and oxygen atoms in total. The predicted octanol–water partition coefficient (Wildman–Crippen LogP) is 9.25. The van der Waals surface area contributed by atoms with Gasteiger partial charge in [-0.05, 0) is 173 Å². The van der Waals surface area contributed by atoms with Gasteiger partial charge in [0.2, 0.25) is 0 Å². The van der Waals surface area contributed by atoms with Gasteiger partial charge in [-0.15, -0.1) is 12.4 Å². The second kappa shape index (κ2) is 36.7. The lowest BCUT2D eigenvalue weighted by Gasteiger charge is -2.29. The van der Waals surface area contributed by atoms with Gasteiger partial charge in [-0.1, -0.05) is 34.8 Å². The fourth-order valence-corrected chi connectivity index (χ4v) is 10.9. The van der Waals surface area contributed by atoms with Crippen LogP contribution in [0.5, 0.6) is 0 Å². The number of nitrogens with one attached hydrogen (secondary N) is 7. The van der Waals surface area contributed by atoms with Gasteiger partial charge in [0.1, 0.15) is 46.0 Å². The van der Waals surface area contributed by atoms with Crippen LogP contribution in [0.25, 0.3) is 55.9 Å². The van der Waals surface area contributed by atoms with Crippen molar-refractivity contribution < 1.29 is 61.4 Å². The number of carboxylic acids is 1. The van der Waals surface area contributed by atoms with Crippen LogP contribution >= 0.6 is 58.8 Å². The fourth-order valence-electron chi connectivity index (χ4n) is 10.9. The SMILES string of the molecule is CN1CCC(N)CC1.CN1CCC(NC(=O)c2c[nH]c3nccc(F)c23)CC1.CN1CCC(NC(=O)c2cnc3n(O)ccc(F)c2-3)CC1.Cl.Fc1ccnc2[nH]ccc12.O=C(Cl)C(Cl)(Cl)Cl.O=C(NC1CCNCC1)c1cnc2n(O)ccc(F)c1-2.O=C(O)c1c[nH]c2nccc(F)c12. The zero-order valence-electron chi connectivity index (χ0n) is 54.1. The number of carboxylic acid groups (broad SMARTS) is 1. The molecule has 4 fully saturated rings. The van der Waals surface area contributed by atoms with E-state index in [1.807, 2.05) is 7.05 Å². The molecule has 0 atom stereocenters. The van der Waals surface area contributed by atoms with Crippen molar-refractivity contribution >= 4 is 121 Å². The summed E-state index contributed by atoms with van der Waals surface area (Å²) in [5.74, 6) is -4.40. The number of fused-ring (bicyclic) bond motifs is 5. The van der Waals surface area contributed by atoms with Crippen molar-refractivity contribution in [3.8, 4) is 22.8 Å². The van der Waals surface area contributed by atoms with E-state index in [1.54, 1.807) is 12.3 Å². The van der Waals surface area contributed by atoms with E-state index >= 15 is 0 Å². The maximum absolute atomic E-state index is 13.9. The Balaban J connectivity index is 0.000000169. The molecule has 3 amide bonds. The molecule has 0 saturated carbocycles. The monoisotopic (exact) mass is 1490 g/mol. The molecule has 14 heterocycles. The maximum atomic E-state index is 13.9. The number of hydrogen-bond acceptors (Lipinski definition) is 17. The first-order valence-corrected chi connectivity index (χ1v) is 32.6. The lowest BCUT2D eigenvalue weighted by Crippen LogP contribution is -2.43. The number of hydrogen-bond donors (Lipinski definition) is 11. The Kier molecular flexibility index (Phi) is 29.0. The smallest absolute Gasteiger partial charge is 0.338 e. The molecule has 100 heavy (non-hydrogen) atoms. The summed E-state index contributed by atoms with van der Waals surface area (Å²) in [6, 6.07) is 8.42. The van der Waals surface area contributed by atoms with Gasteiger partial charge in [0.15, 0.2) is 11.6 Å². The number of H-pyrrole nitrogens is 3. The normalized spacial score (nSPS) is 15.7. The molecule has 0 unspecified atom stereocenters. The highest BCUT2D eigenvalue weighted by atomic mass is 35.6. The Morgan fingerprint density at radius 3 is 1.32 bits per heavy atom. The number of aromatic carboxylic acids is 1. The third-order valence-electron chi connectivity index (χ3n) is 16.4. The number of aromatic amines is 3. The van der Waals surface area contributed by atoms with Crippen molar-refractivity contribution in [3.05, 3.63) is 150 Å². The van der Waals surface area contributed by atoms with Gasteiger partial charge in [0, 0.05) is 86.1 Å². The van der Waals surface area contributed by atoms with Crippen LogP contribution in [0.1, 0.15) is 92.8 Å². The van der Waals surface area contributed by atoms with Crippen LogP contribution in [0.2, 0.25) is 0 Å². The van der Waals surface area contributed by atoms with Gasteiger partial charge in [0.05, 0.1) is 49.5 Å². The van der Waals surface area contributed by atoms with Gasteiger partial charge < -0.3 is 72.2 Å². The van der Waals surface area contributed by atoms with Crippen molar-refractivity contribution in [2.45, 2.75) is 79.3 Å². The van der Waals surface area contributed by atoms with Gasteiger partial charge >= 0.3 is 5.97 Å². The molecular formula is C64H74Cl5F5N18O8. The molecule has 4 saturated heterocycles. The first-order chi connectivity index (χ1) is 47.2. The summed E-state index contributed by atoms with van der Waals surface area (Å²) in [4.78, 5) is 91.8. The average molecular weight is 1500 g/mol. The number of carbonyl (C=O) groups excluding carboxylic acids is 4. The molecule has 14 rings (SSSR count). The minimum Gasteiger partial charge on any atom is -0.478 e. The highest BCUT2D eigenvalue weighted by Gasteiger charge is 2.30. The summed E-state index contributed by atoms with van der Waals surface area (Å²) in [6.45, 7) is 7.86. The van der Waals surface area contributed by atoms with Crippen LogP contribution < -0.4 is 27.0 Å². The number of alkyl halides is 3. The molecule has 36 heteroatoms. The minimum absolute atomic E-state index is 0. The van der Waals surface area contributed by atoms with Crippen LogP contribution in [0, 0.1) is 29.1 Å². The predicted molar refractivity (Wildman–Crippen MR) is 370 cm³/mol. The van der Waals surface area contributed by atoms with Crippen LogP contribution in [-0.2, 0) is 4.79 Å². The summed E-state index contributed by atoms with van der Waals surface area (Å²) in [7, 11) is 6.26. The number of aromatic nitrogens is 10. The van der Waals surface area contributed by atoms with E-state index in [9.17, 15) is 56.3 Å². The molecule has 6 aromatic heterocycles. The number of nitrogens with zero attached hydrogens (tertiary/aromatic N) is 10. The fraction of sp³-hybridized carbons (Fsp3) is 0.375. The summed E-state index contributed by atoms with van der Waals surface area (Å²) < 4.78 is 66.9. The third kappa shape index (κ3) is 21.3. The number of halogens is 10. The first-order valence-electron chi connectivity index (χ1n) is 31.1.